The Balaban J connectivity index is -0.0000000342. The molecule has 0 bridgehead atoms. The van der Waals surface area contributed by atoms with Crippen LogP contribution in [-0.4, -0.2) is 9.52 Å². The van der Waals surface area contributed by atoms with Crippen LogP contribution in [-0.2, 0) is 21.7 Å². The van der Waals surface area contributed by atoms with Gasteiger partial charge in [-0.25, -0.2) is 24.3 Å². The van der Waals surface area contributed by atoms with Gasteiger partial charge in [0.25, 0.3) is 0 Å². The Morgan fingerprint density at radius 2 is 1.10 bits per heavy atom. The van der Waals surface area contributed by atoms with Crippen LogP contribution in [0.3, 0.4) is 0 Å². The van der Waals surface area contributed by atoms with Crippen molar-refractivity contribution in [1.82, 2.24) is 0 Å². The smallest absolute Gasteiger partial charge is 0.693 e. The summed E-state index contributed by atoms with van der Waals surface area (Å²) in [6, 6.07) is 0. The van der Waals surface area contributed by atoms with Crippen molar-refractivity contribution in [2.45, 2.75) is 46.7 Å². The maximum Gasteiger partial charge on any atom is 4.00 e. The molecule has 2 aliphatic rings. The third-order valence-corrected chi connectivity index (χ3v) is 1.17. The van der Waals surface area contributed by atoms with E-state index in [0.29, 0.717) is 0 Å². The van der Waals surface area contributed by atoms with Gasteiger partial charge in [0, 0.05) is 9.52 Å². The summed E-state index contributed by atoms with van der Waals surface area (Å²) in [5.41, 5.74) is 0. The average molecular weight is 383 g/mol. The quantitative estimate of drug-likeness (QED) is 0.347. The van der Waals surface area contributed by atoms with E-state index in [2.05, 4.69) is 58.2 Å². The van der Waals surface area contributed by atoms with Gasteiger partial charge in [-0.3, -0.25) is 12.2 Å². The molecule has 5 heteroatoms. The van der Waals surface area contributed by atoms with Gasteiger partial charge in [-0.15, -0.1) is 37.7 Å². The molecule has 0 aromatic rings. The monoisotopic (exact) mass is 382 g/mol. The third kappa shape index (κ3) is 63.8. The van der Waals surface area contributed by atoms with Gasteiger partial charge >= 0.3 is 21.7 Å². The first-order valence-electron chi connectivity index (χ1n) is 6.09. The van der Waals surface area contributed by atoms with E-state index in [9.17, 15) is 0 Å². The second-order valence-corrected chi connectivity index (χ2v) is 5.24. The molecule has 0 saturated heterocycles. The molecular weight excluding hydrogens is 353 g/mol. The van der Waals surface area contributed by atoms with Crippen LogP contribution < -0.4 is 0 Å². The summed E-state index contributed by atoms with van der Waals surface area (Å²) in [6.07, 6.45) is 20.0. The van der Waals surface area contributed by atoms with E-state index in [1.807, 2.05) is 24.3 Å². The van der Waals surface area contributed by atoms with Crippen LogP contribution in [0.2, 0.25) is 13.1 Å². The Morgan fingerprint density at radius 3 is 1.14 bits per heavy atom. The van der Waals surface area contributed by atoms with Crippen molar-refractivity contribution >= 4 is 34.3 Å². The number of hydrogen-bond acceptors (Lipinski definition) is 0. The van der Waals surface area contributed by atoms with E-state index in [1.54, 1.807) is 0 Å². The Hall–Kier alpha value is 0.431. The van der Waals surface area contributed by atoms with Crippen LogP contribution in [0.5, 0.6) is 0 Å². The molecule has 0 spiro atoms. The summed E-state index contributed by atoms with van der Waals surface area (Å²) < 4.78 is 0. The Labute approximate surface area is 162 Å². The third-order valence-electron chi connectivity index (χ3n) is 1.17. The molecule has 0 aliphatic heterocycles. The fourth-order valence-corrected chi connectivity index (χ4v) is 0.680. The number of allylic oxidation sites excluding steroid dienone is 8. The zero-order valence-corrected chi connectivity index (χ0v) is 18.2. The van der Waals surface area contributed by atoms with E-state index in [1.165, 1.54) is 5.92 Å². The van der Waals surface area contributed by atoms with Crippen LogP contribution in [0.15, 0.2) is 36.5 Å². The van der Waals surface area contributed by atoms with E-state index >= 15 is 0 Å². The van der Waals surface area contributed by atoms with E-state index in [4.69, 9.17) is 0 Å². The Kier molecular flexibility index (Phi) is 66.3. The van der Waals surface area contributed by atoms with Crippen molar-refractivity contribution in [3.63, 3.8) is 0 Å². The second kappa shape index (κ2) is 37.0. The van der Waals surface area contributed by atoms with Crippen LogP contribution in [0.1, 0.15) is 33.6 Å². The molecule has 0 atom stereocenters. The van der Waals surface area contributed by atoms with Crippen LogP contribution in [0.25, 0.3) is 6.15 Å². The summed E-state index contributed by atoms with van der Waals surface area (Å²) >= 11 is 0. The normalized spacial score (nSPS) is 11.0. The minimum Gasteiger partial charge on any atom is -0.693 e. The van der Waals surface area contributed by atoms with Crippen molar-refractivity contribution in [2.24, 2.45) is 0 Å². The molecule has 0 unspecified atom stereocenters. The molecule has 121 valence electrons. The minimum atomic E-state index is 0. The minimum absolute atomic E-state index is 0. The predicted octanol–water partition coefficient (Wildman–Crippen LogP) is 6.31. The van der Waals surface area contributed by atoms with Gasteiger partial charge in [-0.2, -0.15) is 32.9 Å². The molecule has 2 rings (SSSR count). The van der Waals surface area contributed by atoms with Crippen LogP contribution in [0.4, 0.5) is 0 Å². The van der Waals surface area contributed by atoms with E-state index in [0.717, 1.165) is 22.4 Å². The van der Waals surface area contributed by atoms with Crippen LogP contribution >= 0.6 is 24.8 Å². The van der Waals surface area contributed by atoms with Crippen molar-refractivity contribution in [1.29, 1.82) is 0 Å². The van der Waals surface area contributed by atoms with Gasteiger partial charge in [0.15, 0.2) is 0 Å². The molecule has 2 N–H and O–H groups in total. The van der Waals surface area contributed by atoms with Gasteiger partial charge in [0.1, 0.15) is 0 Å². The molecular formula is C16H30Cl2NSiTi. The van der Waals surface area contributed by atoms with Gasteiger partial charge in [-0.05, 0) is 0 Å². The maximum absolute atomic E-state index is 2.99. The molecule has 1 radical (unpaired) electrons. The van der Waals surface area contributed by atoms with Crippen molar-refractivity contribution in [2.75, 3.05) is 0 Å². The largest absolute Gasteiger partial charge is 4.00 e. The topological polar surface area (TPSA) is 33.5 Å². The molecule has 0 heterocycles. The molecule has 0 fully saturated rings. The second-order valence-electron chi connectivity index (χ2n) is 4.08. The number of hydrogen-bond donors (Lipinski definition) is 0. The molecule has 0 saturated carbocycles. The fourth-order valence-electron chi connectivity index (χ4n) is 0.680. The van der Waals surface area contributed by atoms with Gasteiger partial charge < -0.3 is 12.1 Å². The van der Waals surface area contributed by atoms with E-state index in [-0.39, 0.29) is 52.7 Å². The SMILES string of the molecule is C[C-](C)C.C[SiH]C.Cl.Cl.[C-]1=CC=CC1.[C-]1=CC=CC1.[NH2-].[Ti+4]. The summed E-state index contributed by atoms with van der Waals surface area (Å²) in [5.74, 6) is 1.42. The zero-order chi connectivity index (χ0) is 13.4. The molecule has 0 aromatic carbocycles. The Morgan fingerprint density at radius 1 is 0.857 bits per heavy atom. The van der Waals surface area contributed by atoms with Gasteiger partial charge in [0.2, 0.25) is 0 Å². The van der Waals surface area contributed by atoms with E-state index < -0.39 is 0 Å². The number of halogens is 2. The van der Waals surface area contributed by atoms with Gasteiger partial charge in [0.05, 0.1) is 0 Å². The first-order chi connectivity index (χ1) is 8.15. The Bertz CT molecular complexity index is 208. The summed E-state index contributed by atoms with van der Waals surface area (Å²) in [5, 5.41) is 0. The standard InChI is InChI=1S/2C5H5.C4H9.C2H7Si.2ClH.H2N.Ti/c2*1-2-4-5-3-1;1-4(2)3;1-3-2;;;;/h2*1-3H,4H2;1-3H3;3H,1-2H3;2*1H;1H2;/q3*-1;;;;-1;+4. The molecule has 21 heavy (non-hydrogen) atoms. The van der Waals surface area contributed by atoms with Crippen molar-refractivity contribution in [3.8, 4) is 0 Å². The summed E-state index contributed by atoms with van der Waals surface area (Å²) in [6.45, 7) is 10.7. The van der Waals surface area contributed by atoms with Crippen molar-refractivity contribution < 1.29 is 21.7 Å². The first kappa shape index (κ1) is 37.6. The summed E-state index contributed by atoms with van der Waals surface area (Å²) in [7, 11) is 0.750. The molecule has 0 amide bonds. The molecule has 2 aliphatic carbocycles. The van der Waals surface area contributed by atoms with Gasteiger partial charge in [-0.1, -0.05) is 13.1 Å². The fraction of sp³-hybridized carbons (Fsp3) is 0.438. The van der Waals surface area contributed by atoms with Crippen LogP contribution in [0, 0.1) is 18.1 Å². The summed E-state index contributed by atoms with van der Waals surface area (Å²) in [4.78, 5) is 0. The van der Waals surface area contributed by atoms with Crippen molar-refractivity contribution in [3.05, 3.63) is 60.7 Å². The first-order valence-corrected chi connectivity index (χ1v) is 8.40. The zero-order valence-electron chi connectivity index (χ0n) is 13.8. The number of rotatable bonds is 0. The average Bonchev–Trinajstić information content (AvgIpc) is 2.98. The molecule has 0 aromatic heterocycles. The number of nitrogens with two attached hydrogens (primary N) is 1. The maximum atomic E-state index is 2.99. The predicted molar refractivity (Wildman–Crippen MR) is 102 cm³/mol. The molecule has 1 nitrogen and oxygen atoms in total.